The Balaban J connectivity index is 3.65. The first-order chi connectivity index (χ1) is 7.66. The number of carbonyl (C=O) groups is 1. The Morgan fingerprint density at radius 2 is 1.94 bits per heavy atom. The molecule has 1 N–H and O–H groups in total. The van der Waals surface area contributed by atoms with E-state index >= 15 is 0 Å². The standard InChI is InChI=1S/C9H6F3NO4/c1-4(14)5-2-3-6(13(16)17)7(8(5)15)9(10,11)12/h2-3,15H,1H3. The van der Waals surface area contributed by atoms with Crippen molar-refractivity contribution in [3.05, 3.63) is 33.4 Å². The van der Waals surface area contributed by atoms with Gasteiger partial charge < -0.3 is 5.11 Å². The van der Waals surface area contributed by atoms with Crippen LogP contribution in [0.25, 0.3) is 0 Å². The first-order valence-electron chi connectivity index (χ1n) is 4.24. The van der Waals surface area contributed by atoms with Crippen LogP contribution in [-0.2, 0) is 6.18 Å². The van der Waals surface area contributed by atoms with Gasteiger partial charge in [-0.05, 0) is 13.0 Å². The largest absolute Gasteiger partial charge is 0.506 e. The summed E-state index contributed by atoms with van der Waals surface area (Å²) >= 11 is 0. The van der Waals surface area contributed by atoms with Crippen LogP contribution < -0.4 is 0 Å². The molecule has 17 heavy (non-hydrogen) atoms. The van der Waals surface area contributed by atoms with Crippen molar-refractivity contribution in [2.24, 2.45) is 0 Å². The van der Waals surface area contributed by atoms with E-state index in [0.29, 0.717) is 6.07 Å². The highest BCUT2D eigenvalue weighted by Crippen LogP contribution is 2.43. The van der Waals surface area contributed by atoms with Crippen molar-refractivity contribution in [1.82, 2.24) is 0 Å². The summed E-state index contributed by atoms with van der Waals surface area (Å²) in [4.78, 5) is 20.1. The summed E-state index contributed by atoms with van der Waals surface area (Å²) in [6, 6.07) is 1.32. The number of ketones is 1. The van der Waals surface area contributed by atoms with Crippen molar-refractivity contribution in [1.29, 1.82) is 0 Å². The number of halogens is 3. The zero-order chi connectivity index (χ0) is 13.4. The van der Waals surface area contributed by atoms with Crippen LogP contribution in [0, 0.1) is 10.1 Å². The molecule has 92 valence electrons. The highest BCUT2D eigenvalue weighted by atomic mass is 19.4. The van der Waals surface area contributed by atoms with Gasteiger partial charge in [0, 0.05) is 6.07 Å². The van der Waals surface area contributed by atoms with E-state index in [1.807, 2.05) is 0 Å². The van der Waals surface area contributed by atoms with Crippen LogP contribution in [0.5, 0.6) is 5.75 Å². The van der Waals surface area contributed by atoms with E-state index < -0.39 is 39.4 Å². The van der Waals surface area contributed by atoms with Gasteiger partial charge in [-0.1, -0.05) is 0 Å². The van der Waals surface area contributed by atoms with E-state index in [1.165, 1.54) is 0 Å². The molecule has 0 saturated heterocycles. The molecule has 8 heteroatoms. The molecule has 5 nitrogen and oxygen atoms in total. The second-order valence-corrected chi connectivity index (χ2v) is 3.17. The minimum absolute atomic E-state index is 0.541. The van der Waals surface area contributed by atoms with Gasteiger partial charge in [-0.3, -0.25) is 14.9 Å². The molecule has 0 unspecified atom stereocenters. The van der Waals surface area contributed by atoms with Gasteiger partial charge in [0.25, 0.3) is 5.69 Å². The Bertz CT molecular complexity index is 496. The lowest BCUT2D eigenvalue weighted by atomic mass is 10.0. The fourth-order valence-electron chi connectivity index (χ4n) is 1.30. The molecule has 0 aliphatic carbocycles. The molecule has 0 aliphatic heterocycles. The summed E-state index contributed by atoms with van der Waals surface area (Å²) in [5.74, 6) is -2.23. The highest BCUT2D eigenvalue weighted by molar-refractivity contribution is 5.97. The summed E-state index contributed by atoms with van der Waals surface area (Å²) in [7, 11) is 0. The molecule has 0 heterocycles. The van der Waals surface area contributed by atoms with Gasteiger partial charge in [-0.15, -0.1) is 0 Å². The average molecular weight is 249 g/mol. The lowest BCUT2D eigenvalue weighted by Crippen LogP contribution is -2.11. The number of benzene rings is 1. The lowest BCUT2D eigenvalue weighted by Gasteiger charge is -2.11. The van der Waals surface area contributed by atoms with Crippen molar-refractivity contribution in [3.8, 4) is 5.75 Å². The molecule has 0 bridgehead atoms. The van der Waals surface area contributed by atoms with Gasteiger partial charge >= 0.3 is 6.18 Å². The Morgan fingerprint density at radius 3 is 2.29 bits per heavy atom. The second-order valence-electron chi connectivity index (χ2n) is 3.17. The number of phenols is 1. The Morgan fingerprint density at radius 1 is 1.41 bits per heavy atom. The molecule has 1 aromatic carbocycles. The summed E-state index contributed by atoms with van der Waals surface area (Å²) in [5.41, 5.74) is -3.71. The van der Waals surface area contributed by atoms with E-state index in [1.54, 1.807) is 0 Å². The molecular weight excluding hydrogens is 243 g/mol. The highest BCUT2D eigenvalue weighted by Gasteiger charge is 2.42. The van der Waals surface area contributed by atoms with Crippen LogP contribution in [0.1, 0.15) is 22.8 Å². The molecule has 0 saturated carbocycles. The van der Waals surface area contributed by atoms with Crippen LogP contribution in [-0.4, -0.2) is 15.8 Å². The third-order valence-corrected chi connectivity index (χ3v) is 2.02. The average Bonchev–Trinajstić information content (AvgIpc) is 2.14. The summed E-state index contributed by atoms with van der Waals surface area (Å²) in [6.07, 6.45) is -5.11. The SMILES string of the molecule is CC(=O)c1ccc([N+](=O)[O-])c(C(F)(F)F)c1O. The molecule has 0 spiro atoms. The van der Waals surface area contributed by atoms with E-state index in [-0.39, 0.29) is 0 Å². The molecule has 1 rings (SSSR count). The topological polar surface area (TPSA) is 80.4 Å². The molecule has 1 aromatic rings. The number of hydrogen-bond donors (Lipinski definition) is 1. The van der Waals surface area contributed by atoms with Crippen LogP contribution in [0.15, 0.2) is 12.1 Å². The van der Waals surface area contributed by atoms with E-state index in [2.05, 4.69) is 0 Å². The number of nitro benzene ring substituents is 1. The van der Waals surface area contributed by atoms with Gasteiger partial charge in [-0.25, -0.2) is 0 Å². The number of nitro groups is 1. The number of rotatable bonds is 2. The first kappa shape index (κ1) is 12.9. The molecule has 0 aromatic heterocycles. The van der Waals surface area contributed by atoms with Gasteiger partial charge in [0.2, 0.25) is 0 Å². The predicted octanol–water partition coefficient (Wildman–Crippen LogP) is 2.52. The van der Waals surface area contributed by atoms with E-state index in [9.17, 15) is 33.2 Å². The maximum Gasteiger partial charge on any atom is 0.426 e. The van der Waals surface area contributed by atoms with E-state index in [0.717, 1.165) is 13.0 Å². The maximum absolute atomic E-state index is 12.5. The van der Waals surface area contributed by atoms with Crippen molar-refractivity contribution >= 4 is 11.5 Å². The maximum atomic E-state index is 12.5. The van der Waals surface area contributed by atoms with Gasteiger partial charge in [0.1, 0.15) is 5.75 Å². The minimum atomic E-state index is -5.11. The fourth-order valence-corrected chi connectivity index (χ4v) is 1.30. The zero-order valence-electron chi connectivity index (χ0n) is 8.41. The first-order valence-corrected chi connectivity index (χ1v) is 4.24. The fraction of sp³-hybridized carbons (Fsp3) is 0.222. The van der Waals surface area contributed by atoms with Crippen molar-refractivity contribution in [2.45, 2.75) is 13.1 Å². The monoisotopic (exact) mass is 249 g/mol. The minimum Gasteiger partial charge on any atom is -0.506 e. The Labute approximate surface area is 92.6 Å². The number of carbonyl (C=O) groups excluding carboxylic acids is 1. The number of Topliss-reactive ketones (excluding diaryl/α,β-unsaturated/α-hetero) is 1. The van der Waals surface area contributed by atoms with E-state index in [4.69, 9.17) is 0 Å². The molecule has 0 aliphatic rings. The summed E-state index contributed by atoms with van der Waals surface area (Å²) in [6.45, 7) is 0.945. The molecule has 0 fully saturated rings. The zero-order valence-corrected chi connectivity index (χ0v) is 8.41. The van der Waals surface area contributed by atoms with Gasteiger partial charge in [0.05, 0.1) is 10.5 Å². The van der Waals surface area contributed by atoms with Crippen molar-refractivity contribution in [2.75, 3.05) is 0 Å². The summed E-state index contributed by atoms with van der Waals surface area (Å²) < 4.78 is 37.6. The van der Waals surface area contributed by atoms with Crippen LogP contribution in [0.3, 0.4) is 0 Å². The normalized spacial score (nSPS) is 11.3. The smallest absolute Gasteiger partial charge is 0.426 e. The third kappa shape index (κ3) is 2.35. The lowest BCUT2D eigenvalue weighted by molar-refractivity contribution is -0.388. The van der Waals surface area contributed by atoms with Crippen LogP contribution in [0.2, 0.25) is 0 Å². The number of alkyl halides is 3. The second kappa shape index (κ2) is 4.04. The van der Waals surface area contributed by atoms with Crippen LogP contribution in [0.4, 0.5) is 18.9 Å². The number of phenolic OH excluding ortho intramolecular Hbond substituents is 1. The Kier molecular flexibility index (Phi) is 3.08. The van der Waals surface area contributed by atoms with Crippen molar-refractivity contribution in [3.63, 3.8) is 0 Å². The molecule has 0 radical (unpaired) electrons. The predicted molar refractivity (Wildman–Crippen MR) is 49.8 cm³/mol. The van der Waals surface area contributed by atoms with Crippen LogP contribution >= 0.6 is 0 Å². The quantitative estimate of drug-likeness (QED) is 0.496. The molecule has 0 atom stereocenters. The van der Waals surface area contributed by atoms with Gasteiger partial charge in [0.15, 0.2) is 11.3 Å². The summed E-state index contributed by atoms with van der Waals surface area (Å²) in [5, 5.41) is 19.7. The molecular formula is C9H6F3NO4. The number of aromatic hydroxyl groups is 1. The third-order valence-electron chi connectivity index (χ3n) is 2.02. The number of nitrogens with zero attached hydrogens (tertiary/aromatic N) is 1. The molecule has 0 amide bonds. The van der Waals surface area contributed by atoms with Crippen molar-refractivity contribution < 1.29 is 28.0 Å². The number of hydrogen-bond acceptors (Lipinski definition) is 4. The Hall–Kier alpha value is -2.12. The van der Waals surface area contributed by atoms with Gasteiger partial charge in [-0.2, -0.15) is 13.2 Å².